The van der Waals surface area contributed by atoms with E-state index in [0.29, 0.717) is 19.8 Å². The number of aliphatic hydroxyl groups excluding tert-OH is 1. The monoisotopic (exact) mass is 245 g/mol. The zero-order chi connectivity index (χ0) is 11.9. The summed E-state index contributed by atoms with van der Waals surface area (Å²) in [6, 6.07) is 0. The molecule has 5 nitrogen and oxygen atoms in total. The summed E-state index contributed by atoms with van der Waals surface area (Å²) >= 11 is 0. The Morgan fingerprint density at radius 2 is 2.12 bits per heavy atom. The zero-order valence-corrected chi connectivity index (χ0v) is 10.3. The standard InChI is InChI=1S/C12H23NO4/c14-11(8-13-3-6-15-7-4-13)9-16-10-12-2-1-5-17-12/h11-12,14H,1-10H2. The van der Waals surface area contributed by atoms with Crippen LogP contribution < -0.4 is 0 Å². The van der Waals surface area contributed by atoms with Crippen molar-refractivity contribution in [3.8, 4) is 0 Å². The lowest BCUT2D eigenvalue weighted by Gasteiger charge is -2.28. The number of ether oxygens (including phenoxy) is 3. The van der Waals surface area contributed by atoms with Crippen LogP contribution in [0.5, 0.6) is 0 Å². The van der Waals surface area contributed by atoms with Crippen LogP contribution >= 0.6 is 0 Å². The summed E-state index contributed by atoms with van der Waals surface area (Å²) in [5.41, 5.74) is 0. The maximum Gasteiger partial charge on any atom is 0.0900 e. The quantitative estimate of drug-likeness (QED) is 0.707. The fourth-order valence-corrected chi connectivity index (χ4v) is 2.25. The molecule has 2 heterocycles. The Bertz CT molecular complexity index is 203. The molecule has 17 heavy (non-hydrogen) atoms. The highest BCUT2D eigenvalue weighted by Crippen LogP contribution is 2.12. The molecule has 0 aromatic carbocycles. The molecule has 2 rings (SSSR count). The van der Waals surface area contributed by atoms with Gasteiger partial charge in [-0.25, -0.2) is 0 Å². The van der Waals surface area contributed by atoms with E-state index in [-0.39, 0.29) is 6.10 Å². The third-order valence-corrected chi connectivity index (χ3v) is 3.21. The lowest BCUT2D eigenvalue weighted by molar-refractivity contribution is -0.0365. The molecule has 2 saturated heterocycles. The van der Waals surface area contributed by atoms with Gasteiger partial charge in [0.05, 0.1) is 38.6 Å². The van der Waals surface area contributed by atoms with E-state index in [1.54, 1.807) is 0 Å². The van der Waals surface area contributed by atoms with Gasteiger partial charge in [0.15, 0.2) is 0 Å². The molecule has 0 bridgehead atoms. The van der Waals surface area contributed by atoms with Crippen LogP contribution in [0.1, 0.15) is 12.8 Å². The van der Waals surface area contributed by atoms with Crippen molar-refractivity contribution >= 4 is 0 Å². The fraction of sp³-hybridized carbons (Fsp3) is 1.00. The Morgan fingerprint density at radius 1 is 1.29 bits per heavy atom. The highest BCUT2D eigenvalue weighted by molar-refractivity contribution is 4.68. The van der Waals surface area contributed by atoms with Crippen molar-refractivity contribution in [1.29, 1.82) is 0 Å². The normalized spacial score (nSPS) is 28.4. The molecule has 2 fully saturated rings. The van der Waals surface area contributed by atoms with Crippen LogP contribution in [0.15, 0.2) is 0 Å². The Kier molecular flexibility index (Phi) is 5.67. The van der Waals surface area contributed by atoms with Crippen molar-refractivity contribution in [1.82, 2.24) is 4.90 Å². The van der Waals surface area contributed by atoms with E-state index in [4.69, 9.17) is 14.2 Å². The third kappa shape index (κ3) is 4.89. The third-order valence-electron chi connectivity index (χ3n) is 3.21. The SMILES string of the molecule is OC(COCC1CCCO1)CN1CCOCC1. The second kappa shape index (κ2) is 7.28. The number of hydrogen-bond donors (Lipinski definition) is 1. The largest absolute Gasteiger partial charge is 0.389 e. The summed E-state index contributed by atoms with van der Waals surface area (Å²) in [4.78, 5) is 2.21. The molecule has 0 spiro atoms. The highest BCUT2D eigenvalue weighted by atomic mass is 16.5. The molecule has 2 aliphatic rings. The second-order valence-corrected chi connectivity index (χ2v) is 4.74. The first kappa shape index (κ1) is 13.2. The molecule has 0 aromatic rings. The molecule has 1 N–H and O–H groups in total. The molecule has 5 heteroatoms. The first-order valence-electron chi connectivity index (χ1n) is 6.52. The molecule has 0 aromatic heterocycles. The van der Waals surface area contributed by atoms with Crippen LogP contribution in [0.4, 0.5) is 0 Å². The first-order valence-corrected chi connectivity index (χ1v) is 6.52. The van der Waals surface area contributed by atoms with E-state index in [1.807, 2.05) is 0 Å². The number of morpholine rings is 1. The molecular formula is C12H23NO4. The van der Waals surface area contributed by atoms with E-state index in [1.165, 1.54) is 0 Å². The minimum atomic E-state index is -0.408. The molecule has 2 aliphatic heterocycles. The molecule has 0 saturated carbocycles. The number of nitrogens with zero attached hydrogens (tertiary/aromatic N) is 1. The lowest BCUT2D eigenvalue weighted by Crippen LogP contribution is -2.42. The van der Waals surface area contributed by atoms with Gasteiger partial charge in [-0.15, -0.1) is 0 Å². The number of rotatable bonds is 6. The van der Waals surface area contributed by atoms with Gasteiger partial charge in [-0.1, -0.05) is 0 Å². The van der Waals surface area contributed by atoms with Gasteiger partial charge >= 0.3 is 0 Å². The topological polar surface area (TPSA) is 51.2 Å². The van der Waals surface area contributed by atoms with Crippen molar-refractivity contribution in [3.63, 3.8) is 0 Å². The van der Waals surface area contributed by atoms with E-state index < -0.39 is 6.10 Å². The van der Waals surface area contributed by atoms with Gasteiger partial charge in [-0.3, -0.25) is 4.90 Å². The zero-order valence-electron chi connectivity index (χ0n) is 10.3. The predicted molar refractivity (Wildman–Crippen MR) is 63.1 cm³/mol. The number of β-amino-alcohol motifs (C(OH)–C–C–N with tert-alkyl or cyclic N) is 1. The van der Waals surface area contributed by atoms with Crippen LogP contribution in [0.3, 0.4) is 0 Å². The number of aliphatic hydroxyl groups is 1. The van der Waals surface area contributed by atoms with Gasteiger partial charge in [0.25, 0.3) is 0 Å². The average Bonchev–Trinajstić information content (AvgIpc) is 2.83. The van der Waals surface area contributed by atoms with E-state index >= 15 is 0 Å². The van der Waals surface area contributed by atoms with Crippen molar-refractivity contribution < 1.29 is 19.3 Å². The summed E-state index contributed by atoms with van der Waals surface area (Å²) < 4.78 is 16.2. The van der Waals surface area contributed by atoms with Gasteiger partial charge < -0.3 is 19.3 Å². The van der Waals surface area contributed by atoms with Gasteiger partial charge in [0.2, 0.25) is 0 Å². The summed E-state index contributed by atoms with van der Waals surface area (Å²) in [5, 5.41) is 9.83. The Labute approximate surface area is 103 Å². The molecule has 0 radical (unpaired) electrons. The Hall–Kier alpha value is -0.200. The van der Waals surface area contributed by atoms with Crippen LogP contribution in [0.25, 0.3) is 0 Å². The fourth-order valence-electron chi connectivity index (χ4n) is 2.25. The van der Waals surface area contributed by atoms with Crippen LogP contribution in [-0.2, 0) is 14.2 Å². The minimum Gasteiger partial charge on any atom is -0.389 e. The van der Waals surface area contributed by atoms with E-state index in [2.05, 4.69) is 4.90 Å². The van der Waals surface area contributed by atoms with Crippen molar-refractivity contribution in [3.05, 3.63) is 0 Å². The van der Waals surface area contributed by atoms with Gasteiger partial charge in [-0.05, 0) is 12.8 Å². The Morgan fingerprint density at radius 3 is 2.82 bits per heavy atom. The first-order chi connectivity index (χ1) is 8.34. The van der Waals surface area contributed by atoms with Crippen LogP contribution in [0, 0.1) is 0 Å². The van der Waals surface area contributed by atoms with Crippen molar-refractivity contribution in [2.75, 3.05) is 52.7 Å². The average molecular weight is 245 g/mol. The van der Waals surface area contributed by atoms with Gasteiger partial charge in [-0.2, -0.15) is 0 Å². The summed E-state index contributed by atoms with van der Waals surface area (Å²) in [5.74, 6) is 0. The minimum absolute atomic E-state index is 0.241. The highest BCUT2D eigenvalue weighted by Gasteiger charge is 2.18. The smallest absolute Gasteiger partial charge is 0.0900 e. The van der Waals surface area contributed by atoms with Crippen LogP contribution in [0.2, 0.25) is 0 Å². The van der Waals surface area contributed by atoms with Crippen LogP contribution in [-0.4, -0.2) is 74.9 Å². The van der Waals surface area contributed by atoms with Gasteiger partial charge in [0.1, 0.15) is 0 Å². The maximum atomic E-state index is 9.83. The van der Waals surface area contributed by atoms with Crippen molar-refractivity contribution in [2.45, 2.75) is 25.0 Å². The molecule has 2 atom stereocenters. The predicted octanol–water partition coefficient (Wildman–Crippen LogP) is -0.125. The van der Waals surface area contributed by atoms with E-state index in [0.717, 1.165) is 45.8 Å². The van der Waals surface area contributed by atoms with Gasteiger partial charge in [0, 0.05) is 26.2 Å². The van der Waals surface area contributed by atoms with E-state index in [9.17, 15) is 5.11 Å². The van der Waals surface area contributed by atoms with Crippen molar-refractivity contribution in [2.24, 2.45) is 0 Å². The summed E-state index contributed by atoms with van der Waals surface area (Å²) in [6.07, 6.45) is 2.05. The lowest BCUT2D eigenvalue weighted by atomic mass is 10.2. The summed E-state index contributed by atoms with van der Waals surface area (Å²) in [7, 11) is 0. The maximum absolute atomic E-state index is 9.83. The molecule has 100 valence electrons. The molecule has 0 aliphatic carbocycles. The Balaban J connectivity index is 1.52. The molecule has 0 amide bonds. The second-order valence-electron chi connectivity index (χ2n) is 4.74. The molecule has 2 unspecified atom stereocenters. The molecular weight excluding hydrogens is 222 g/mol. The number of hydrogen-bond acceptors (Lipinski definition) is 5. The summed E-state index contributed by atoms with van der Waals surface area (Å²) in [6.45, 7) is 5.88.